The fraction of sp³-hybridized carbons (Fsp3) is 0.750. The fourth-order valence-electron chi connectivity index (χ4n) is 8.85. The Morgan fingerprint density at radius 3 is 2.50 bits per heavy atom. The minimum absolute atomic E-state index is 0.00376. The molecular weight excluding hydrogens is 683 g/mol. The summed E-state index contributed by atoms with van der Waals surface area (Å²) in [5.74, 6) is -0.836. The summed E-state index contributed by atoms with van der Waals surface area (Å²) in [6.07, 6.45) is 12.1. The fourth-order valence-corrected chi connectivity index (χ4v) is 9.08. The van der Waals surface area contributed by atoms with E-state index in [1.54, 1.807) is 0 Å². The Bertz CT molecular complexity index is 1310. The molecule has 0 saturated heterocycles. The molecule has 3 aliphatic carbocycles. The summed E-state index contributed by atoms with van der Waals surface area (Å²) in [5.41, 5.74) is 9.08. The number of nitrogens with one attached hydrogen (secondary N) is 2. The summed E-state index contributed by atoms with van der Waals surface area (Å²) in [4.78, 5) is 51.7. The summed E-state index contributed by atoms with van der Waals surface area (Å²) in [6, 6.07) is 5.08. The smallest absolute Gasteiger partial charge is 0.462 e. The summed E-state index contributed by atoms with van der Waals surface area (Å²) >= 11 is 4.23. The van der Waals surface area contributed by atoms with Gasteiger partial charge in [-0.15, -0.1) is 0 Å². The van der Waals surface area contributed by atoms with Crippen molar-refractivity contribution in [1.29, 1.82) is 0 Å². The van der Waals surface area contributed by atoms with E-state index in [4.69, 9.17) is 20.3 Å². The molecule has 2 amide bonds. The molecule has 0 aliphatic heterocycles. The van der Waals surface area contributed by atoms with Gasteiger partial charge in [0.05, 0.1) is 17.9 Å². The lowest BCUT2D eigenvalue weighted by Gasteiger charge is -2.34. The highest BCUT2D eigenvalue weighted by molar-refractivity contribution is 7.80. The summed E-state index contributed by atoms with van der Waals surface area (Å²) in [6.45, 7) is 2.62. The maximum absolute atomic E-state index is 14.1. The van der Waals surface area contributed by atoms with Gasteiger partial charge < -0.3 is 36.1 Å². The summed E-state index contributed by atoms with van der Waals surface area (Å²) in [5, 5.41) is 25.7. The number of nitrogens with two attached hydrogens (primary N) is 1. The second-order valence-electron chi connectivity index (χ2n) is 15.3. The van der Waals surface area contributed by atoms with Gasteiger partial charge in [-0.3, -0.25) is 14.4 Å². The average molecular weight is 746 g/mol. The van der Waals surface area contributed by atoms with E-state index in [1.165, 1.54) is 5.56 Å². The SMILES string of the molecule is CCCCC[C@H](O)CC[C@@H]1[C@H]2Cc3cccc(COC(=O)O)c3C[C@H]2C[C@H]1OC(=O)C1CCCC[C@@H]1C(=O)NC(CN)C(=O)NCCCCCCS. The van der Waals surface area contributed by atoms with Crippen LogP contribution < -0.4 is 16.4 Å². The van der Waals surface area contributed by atoms with Gasteiger partial charge in [0.25, 0.3) is 0 Å². The zero-order chi connectivity index (χ0) is 37.5. The highest BCUT2D eigenvalue weighted by Gasteiger charge is 2.48. The number of ether oxygens (including phenoxy) is 2. The van der Waals surface area contributed by atoms with Gasteiger partial charge in [-0.2, -0.15) is 12.6 Å². The first-order valence-corrected chi connectivity index (χ1v) is 20.5. The van der Waals surface area contributed by atoms with Crippen molar-refractivity contribution in [3.63, 3.8) is 0 Å². The van der Waals surface area contributed by atoms with Crippen molar-refractivity contribution in [3.8, 4) is 0 Å². The molecule has 6 N–H and O–H groups in total. The van der Waals surface area contributed by atoms with Gasteiger partial charge in [-0.1, -0.05) is 70.1 Å². The molecule has 0 radical (unpaired) electrons. The van der Waals surface area contributed by atoms with E-state index in [9.17, 15) is 24.3 Å². The molecule has 2 unspecified atom stereocenters. The van der Waals surface area contributed by atoms with E-state index in [0.717, 1.165) is 100 Å². The molecular formula is C40H63N3O8S. The molecule has 0 heterocycles. The van der Waals surface area contributed by atoms with E-state index < -0.39 is 30.1 Å². The number of unbranched alkanes of at least 4 members (excludes halogenated alkanes) is 5. The maximum Gasteiger partial charge on any atom is 0.506 e. The van der Waals surface area contributed by atoms with Gasteiger partial charge in [0, 0.05) is 13.1 Å². The Kier molecular flexibility index (Phi) is 17.5. The van der Waals surface area contributed by atoms with Gasteiger partial charge in [-0.25, -0.2) is 4.79 Å². The number of amides is 2. The zero-order valence-corrected chi connectivity index (χ0v) is 32.0. The molecule has 0 aromatic heterocycles. The molecule has 11 nitrogen and oxygen atoms in total. The van der Waals surface area contributed by atoms with Crippen LogP contribution in [-0.4, -0.2) is 71.2 Å². The molecule has 8 atom stereocenters. The van der Waals surface area contributed by atoms with Crippen LogP contribution in [0.15, 0.2) is 18.2 Å². The number of aliphatic hydroxyl groups excluding tert-OH is 1. The molecule has 292 valence electrons. The van der Waals surface area contributed by atoms with E-state index in [1.807, 2.05) is 12.1 Å². The third-order valence-corrected chi connectivity index (χ3v) is 12.0. The van der Waals surface area contributed by atoms with Gasteiger partial charge in [0.2, 0.25) is 11.8 Å². The predicted molar refractivity (Wildman–Crippen MR) is 203 cm³/mol. The van der Waals surface area contributed by atoms with Crippen molar-refractivity contribution in [2.45, 2.75) is 141 Å². The van der Waals surface area contributed by atoms with Crippen LogP contribution in [0.3, 0.4) is 0 Å². The van der Waals surface area contributed by atoms with Gasteiger partial charge in [0.15, 0.2) is 0 Å². The first-order valence-electron chi connectivity index (χ1n) is 19.9. The number of fused-ring (bicyclic) bond motifs is 2. The van der Waals surface area contributed by atoms with E-state index in [-0.39, 0.29) is 54.8 Å². The predicted octanol–water partition coefficient (Wildman–Crippen LogP) is 5.72. The van der Waals surface area contributed by atoms with Gasteiger partial charge in [-0.05, 0) is 104 Å². The Morgan fingerprint density at radius 1 is 1.00 bits per heavy atom. The van der Waals surface area contributed by atoms with Crippen molar-refractivity contribution in [2.24, 2.45) is 35.3 Å². The second kappa shape index (κ2) is 21.8. The second-order valence-corrected chi connectivity index (χ2v) is 15.7. The molecule has 0 spiro atoms. The zero-order valence-electron chi connectivity index (χ0n) is 31.1. The standard InChI is InChI=1S/C40H63N3O8S/c1-2-3-6-14-29(44)17-18-30-34-21-26-12-11-13-27(25-50-40(48)49)33(26)22-28(34)23-36(30)51-39(47)32-16-8-7-15-31(32)37(45)43-35(24-41)38(46)42-19-9-4-5-10-20-52/h11-13,28-32,34-36,44,52H,2-10,14-25,41H2,1H3,(H,42,46)(H,43,45)(H,48,49)/t28-,29-,30+,31-,32?,34-,35?,36+/m0/s1. The molecule has 52 heavy (non-hydrogen) atoms. The van der Waals surface area contributed by atoms with E-state index in [2.05, 4.69) is 36.3 Å². The first kappa shape index (κ1) is 41.9. The van der Waals surface area contributed by atoms with Crippen molar-refractivity contribution in [1.82, 2.24) is 10.6 Å². The minimum Gasteiger partial charge on any atom is -0.462 e. The number of rotatable bonds is 21. The molecule has 2 saturated carbocycles. The van der Waals surface area contributed by atoms with Crippen LogP contribution in [0.2, 0.25) is 0 Å². The molecule has 3 aliphatic rings. The van der Waals surface area contributed by atoms with Crippen LogP contribution >= 0.6 is 12.6 Å². The minimum atomic E-state index is -1.31. The topological polar surface area (TPSA) is 177 Å². The molecule has 12 heteroatoms. The lowest BCUT2D eigenvalue weighted by molar-refractivity contribution is -0.162. The lowest BCUT2D eigenvalue weighted by atomic mass is 9.72. The van der Waals surface area contributed by atoms with Gasteiger partial charge >= 0.3 is 12.1 Å². The quantitative estimate of drug-likeness (QED) is 0.0522. The molecule has 1 aromatic carbocycles. The van der Waals surface area contributed by atoms with Crippen LogP contribution in [-0.2, 0) is 43.3 Å². The number of thiol groups is 1. The van der Waals surface area contributed by atoms with Crippen molar-refractivity contribution in [3.05, 3.63) is 34.9 Å². The van der Waals surface area contributed by atoms with E-state index in [0.29, 0.717) is 32.2 Å². The number of hydrogen-bond donors (Lipinski definition) is 6. The van der Waals surface area contributed by atoms with Crippen LogP contribution in [0.4, 0.5) is 4.79 Å². The van der Waals surface area contributed by atoms with E-state index >= 15 is 0 Å². The summed E-state index contributed by atoms with van der Waals surface area (Å²) < 4.78 is 11.4. The number of carboxylic acid groups (broad SMARTS) is 1. The van der Waals surface area contributed by atoms with Crippen LogP contribution in [0.5, 0.6) is 0 Å². The van der Waals surface area contributed by atoms with Crippen LogP contribution in [0.25, 0.3) is 0 Å². The van der Waals surface area contributed by atoms with Crippen molar-refractivity contribution in [2.75, 3.05) is 18.8 Å². The van der Waals surface area contributed by atoms with Crippen LogP contribution in [0, 0.1) is 29.6 Å². The number of carbonyl (C=O) groups is 4. The number of aliphatic hydroxyl groups is 1. The Balaban J connectivity index is 1.43. The van der Waals surface area contributed by atoms with Crippen LogP contribution in [0.1, 0.15) is 120 Å². The van der Waals surface area contributed by atoms with Crippen molar-refractivity contribution < 1.29 is 38.9 Å². The Labute approximate surface area is 315 Å². The average Bonchev–Trinajstić information content (AvgIpc) is 3.47. The highest BCUT2D eigenvalue weighted by Crippen LogP contribution is 2.49. The largest absolute Gasteiger partial charge is 0.506 e. The monoisotopic (exact) mass is 745 g/mol. The molecule has 1 aromatic rings. The van der Waals surface area contributed by atoms with Gasteiger partial charge in [0.1, 0.15) is 18.8 Å². The number of hydrogen-bond acceptors (Lipinski definition) is 9. The molecule has 2 fully saturated rings. The maximum atomic E-state index is 14.1. The molecule has 0 bridgehead atoms. The Morgan fingerprint density at radius 2 is 1.77 bits per heavy atom. The normalized spacial score (nSPS) is 24.9. The third kappa shape index (κ3) is 12.1. The third-order valence-electron chi connectivity index (χ3n) is 11.7. The van der Waals surface area contributed by atoms with Crippen molar-refractivity contribution >= 4 is 36.6 Å². The number of benzene rings is 1. The summed E-state index contributed by atoms with van der Waals surface area (Å²) in [7, 11) is 0. The lowest BCUT2D eigenvalue weighted by Crippen LogP contribution is -2.53. The molecule has 4 rings (SSSR count). The Hall–Kier alpha value is -2.83. The number of esters is 1. The number of carbonyl (C=O) groups excluding carboxylic acids is 3. The first-order chi connectivity index (χ1) is 25.2. The highest BCUT2D eigenvalue weighted by atomic mass is 32.1.